The molecule has 1 fully saturated rings. The molecule has 0 radical (unpaired) electrons. The Bertz CT molecular complexity index is 471. The molecular formula is C14H22N2O3S. The lowest BCUT2D eigenvalue weighted by Gasteiger charge is -2.32. The molecule has 1 unspecified atom stereocenters. The highest BCUT2D eigenvalue weighted by Gasteiger charge is 2.33. The number of carboxylic acids is 1. The zero-order valence-corrected chi connectivity index (χ0v) is 13.1. The van der Waals surface area contributed by atoms with Crippen LogP contribution in [0, 0.1) is 5.92 Å². The Morgan fingerprint density at radius 3 is 3.05 bits per heavy atom. The molecule has 0 bridgehead atoms. The van der Waals surface area contributed by atoms with Gasteiger partial charge in [-0.15, -0.1) is 11.3 Å². The highest BCUT2D eigenvalue weighted by molar-refractivity contribution is 7.13. The minimum Gasteiger partial charge on any atom is -0.481 e. The number of methoxy groups -OCH3 is 1. The fourth-order valence-electron chi connectivity index (χ4n) is 2.42. The Hall–Kier alpha value is -1.14. The van der Waals surface area contributed by atoms with E-state index in [1.807, 2.05) is 5.38 Å². The first-order valence-electron chi connectivity index (χ1n) is 6.88. The number of aromatic nitrogens is 1. The van der Waals surface area contributed by atoms with Gasteiger partial charge < -0.3 is 14.7 Å². The number of piperidine rings is 1. The molecule has 1 aromatic rings. The van der Waals surface area contributed by atoms with Gasteiger partial charge >= 0.3 is 5.97 Å². The Labute approximate surface area is 123 Å². The molecule has 1 N–H and O–H groups in total. The number of aliphatic carboxylic acids is 1. The van der Waals surface area contributed by atoms with Gasteiger partial charge in [0.25, 0.3) is 0 Å². The van der Waals surface area contributed by atoms with Crippen molar-refractivity contribution < 1.29 is 14.6 Å². The number of hydrogen-bond acceptors (Lipinski definition) is 5. The van der Waals surface area contributed by atoms with Crippen molar-refractivity contribution in [2.75, 3.05) is 31.7 Å². The number of ether oxygens (including phenoxy) is 1. The molecule has 5 nitrogen and oxygen atoms in total. The first-order valence-corrected chi connectivity index (χ1v) is 7.76. The maximum atomic E-state index is 11.3. The van der Waals surface area contributed by atoms with Crippen LogP contribution in [0.25, 0.3) is 0 Å². The summed E-state index contributed by atoms with van der Waals surface area (Å²) in [7, 11) is 1.73. The Morgan fingerprint density at radius 2 is 2.40 bits per heavy atom. The van der Waals surface area contributed by atoms with Crippen LogP contribution < -0.4 is 4.90 Å². The third kappa shape index (κ3) is 3.12. The van der Waals surface area contributed by atoms with E-state index < -0.39 is 11.4 Å². The monoisotopic (exact) mass is 298 g/mol. The van der Waals surface area contributed by atoms with Crippen LogP contribution in [-0.2, 0) is 14.9 Å². The molecule has 0 saturated carbocycles. The lowest BCUT2D eigenvalue weighted by molar-refractivity contribution is -0.142. The smallest absolute Gasteiger partial charge is 0.315 e. The van der Waals surface area contributed by atoms with Crippen LogP contribution in [0.3, 0.4) is 0 Å². The molecular weight excluding hydrogens is 276 g/mol. The summed E-state index contributed by atoms with van der Waals surface area (Å²) in [6.45, 7) is 6.08. The van der Waals surface area contributed by atoms with Crippen LogP contribution in [0.4, 0.5) is 5.13 Å². The molecule has 1 aromatic heterocycles. The van der Waals surface area contributed by atoms with E-state index in [-0.39, 0.29) is 0 Å². The summed E-state index contributed by atoms with van der Waals surface area (Å²) in [6, 6.07) is 0. The van der Waals surface area contributed by atoms with Crippen molar-refractivity contribution in [1.29, 1.82) is 0 Å². The van der Waals surface area contributed by atoms with Gasteiger partial charge in [0, 0.05) is 25.6 Å². The predicted octanol–water partition coefficient (Wildman–Crippen LogP) is 2.37. The van der Waals surface area contributed by atoms with Gasteiger partial charge in [0.15, 0.2) is 5.13 Å². The van der Waals surface area contributed by atoms with E-state index in [2.05, 4.69) is 9.88 Å². The molecule has 20 heavy (non-hydrogen) atoms. The van der Waals surface area contributed by atoms with E-state index >= 15 is 0 Å². The molecule has 1 aliphatic rings. The van der Waals surface area contributed by atoms with Gasteiger partial charge in [0.05, 0.1) is 12.3 Å². The predicted molar refractivity (Wildman–Crippen MR) is 79.6 cm³/mol. The van der Waals surface area contributed by atoms with Crippen molar-refractivity contribution >= 4 is 22.4 Å². The third-order valence-corrected chi connectivity index (χ3v) is 4.76. The van der Waals surface area contributed by atoms with E-state index in [4.69, 9.17) is 4.74 Å². The number of nitrogens with zero attached hydrogens (tertiary/aromatic N) is 2. The topological polar surface area (TPSA) is 62.7 Å². The average Bonchev–Trinajstić information content (AvgIpc) is 2.89. The lowest BCUT2D eigenvalue weighted by Crippen LogP contribution is -2.37. The summed E-state index contributed by atoms with van der Waals surface area (Å²) in [5, 5.41) is 12.1. The second kappa shape index (κ2) is 6.10. The first kappa shape index (κ1) is 15.3. The van der Waals surface area contributed by atoms with Gasteiger partial charge in [-0.05, 0) is 32.6 Å². The van der Waals surface area contributed by atoms with Gasteiger partial charge in [-0.3, -0.25) is 4.79 Å². The number of carboxylic acid groups (broad SMARTS) is 1. The van der Waals surface area contributed by atoms with Crippen molar-refractivity contribution in [3.05, 3.63) is 11.1 Å². The number of anilines is 1. The highest BCUT2D eigenvalue weighted by atomic mass is 32.1. The minimum atomic E-state index is -0.934. The molecule has 1 atom stereocenters. The third-order valence-electron chi connectivity index (χ3n) is 3.86. The van der Waals surface area contributed by atoms with E-state index in [9.17, 15) is 9.90 Å². The van der Waals surface area contributed by atoms with Crippen molar-refractivity contribution in [2.24, 2.45) is 5.92 Å². The van der Waals surface area contributed by atoms with Crippen LogP contribution >= 0.6 is 11.3 Å². The molecule has 112 valence electrons. The number of hydrogen-bond donors (Lipinski definition) is 1. The molecule has 1 aliphatic heterocycles. The molecule has 2 rings (SSSR count). The second-order valence-electron chi connectivity index (χ2n) is 5.86. The summed E-state index contributed by atoms with van der Waals surface area (Å²) >= 11 is 1.53. The van der Waals surface area contributed by atoms with E-state index in [1.165, 1.54) is 17.8 Å². The Morgan fingerprint density at radius 1 is 1.65 bits per heavy atom. The van der Waals surface area contributed by atoms with Gasteiger partial charge in [0.2, 0.25) is 0 Å². The molecule has 0 amide bonds. The van der Waals surface area contributed by atoms with Crippen LogP contribution in [0.1, 0.15) is 32.4 Å². The molecule has 0 aromatic carbocycles. The standard InChI is InChI=1S/C14H22N2O3S/c1-14(2,12(17)18)11-9-20-13(15-11)16-6-4-5-10(7-16)8-19-3/h9-10H,4-8H2,1-3H3,(H,17,18). The largest absolute Gasteiger partial charge is 0.481 e. The first-order chi connectivity index (χ1) is 9.45. The summed E-state index contributed by atoms with van der Waals surface area (Å²) < 4.78 is 5.24. The van der Waals surface area contributed by atoms with E-state index in [0.29, 0.717) is 11.6 Å². The maximum Gasteiger partial charge on any atom is 0.315 e. The zero-order valence-electron chi connectivity index (χ0n) is 12.3. The highest BCUT2D eigenvalue weighted by Crippen LogP contribution is 2.31. The van der Waals surface area contributed by atoms with Gasteiger partial charge in [-0.2, -0.15) is 0 Å². The molecule has 2 heterocycles. The Kier molecular flexibility index (Phi) is 4.65. The fourth-order valence-corrected chi connectivity index (χ4v) is 3.45. The average molecular weight is 298 g/mol. The normalized spacial score (nSPS) is 20.1. The van der Waals surface area contributed by atoms with Crippen molar-refractivity contribution in [3.8, 4) is 0 Å². The molecule has 1 saturated heterocycles. The van der Waals surface area contributed by atoms with Gasteiger partial charge in [0.1, 0.15) is 5.41 Å². The van der Waals surface area contributed by atoms with E-state index in [1.54, 1.807) is 21.0 Å². The molecule has 0 aliphatic carbocycles. The number of carbonyl (C=O) groups is 1. The van der Waals surface area contributed by atoms with Crippen LogP contribution in [0.5, 0.6) is 0 Å². The zero-order chi connectivity index (χ0) is 14.8. The van der Waals surface area contributed by atoms with Crippen molar-refractivity contribution in [1.82, 2.24) is 4.98 Å². The van der Waals surface area contributed by atoms with E-state index in [0.717, 1.165) is 31.2 Å². The SMILES string of the molecule is COCC1CCCN(c2nc(C(C)(C)C(=O)O)cs2)C1. The quantitative estimate of drug-likeness (QED) is 0.904. The van der Waals surface area contributed by atoms with Gasteiger partial charge in [-0.25, -0.2) is 4.98 Å². The van der Waals surface area contributed by atoms with Crippen molar-refractivity contribution in [2.45, 2.75) is 32.1 Å². The summed E-state index contributed by atoms with van der Waals surface area (Å²) in [5.41, 5.74) is -0.296. The number of thiazole rings is 1. The van der Waals surface area contributed by atoms with Crippen LogP contribution in [0.2, 0.25) is 0 Å². The van der Waals surface area contributed by atoms with Crippen molar-refractivity contribution in [3.63, 3.8) is 0 Å². The second-order valence-corrected chi connectivity index (χ2v) is 6.69. The van der Waals surface area contributed by atoms with Crippen LogP contribution in [-0.4, -0.2) is 42.9 Å². The van der Waals surface area contributed by atoms with Gasteiger partial charge in [-0.1, -0.05) is 0 Å². The molecule has 6 heteroatoms. The number of rotatable bonds is 5. The summed E-state index contributed by atoms with van der Waals surface area (Å²) in [5.74, 6) is -0.307. The summed E-state index contributed by atoms with van der Waals surface area (Å²) in [4.78, 5) is 18.1. The van der Waals surface area contributed by atoms with Crippen LogP contribution in [0.15, 0.2) is 5.38 Å². The maximum absolute atomic E-state index is 11.3. The molecule has 0 spiro atoms. The Balaban J connectivity index is 2.10. The lowest BCUT2D eigenvalue weighted by atomic mass is 9.90. The summed E-state index contributed by atoms with van der Waals surface area (Å²) in [6.07, 6.45) is 2.31. The fraction of sp³-hybridized carbons (Fsp3) is 0.714. The minimum absolute atomic E-state index is 0.536.